The molecule has 5 heteroatoms. The van der Waals surface area contributed by atoms with Gasteiger partial charge in [-0.25, -0.2) is 4.39 Å². The molecule has 101 valence electrons. The third kappa shape index (κ3) is 2.29. The number of hydrogen-bond acceptors (Lipinski definition) is 1. The second-order valence-corrected chi connectivity index (χ2v) is 5.15. The smallest absolute Gasteiger partial charge is 0.205 e. The predicted molar refractivity (Wildman–Crippen MR) is 71.1 cm³/mol. The summed E-state index contributed by atoms with van der Waals surface area (Å²) >= 11 is 1.17. The Hall–Kier alpha value is -1.88. The van der Waals surface area contributed by atoms with Gasteiger partial charge in [0.15, 0.2) is 5.82 Å². The van der Waals surface area contributed by atoms with E-state index in [4.69, 9.17) is 0 Å². The number of alkyl halides is 3. The van der Waals surface area contributed by atoms with E-state index in [1.54, 1.807) is 18.2 Å². The summed E-state index contributed by atoms with van der Waals surface area (Å²) in [6.45, 7) is 0. The average Bonchev–Trinajstić information content (AvgIpc) is 2.79. The number of hydrogen-bond donors (Lipinski definition) is 0. The van der Waals surface area contributed by atoms with E-state index >= 15 is 0 Å². The lowest BCUT2D eigenvalue weighted by atomic mass is 10.0. The molecule has 0 unspecified atom stereocenters. The van der Waals surface area contributed by atoms with E-state index < -0.39 is 17.6 Å². The molecule has 0 aliphatic heterocycles. The standard InChI is InChI=1S/C15H7F4S/c16-13-8-20-14-6-3-10(7-12(13)14)9-1-4-11(5-2-9)15(17,18)19/h1-7H. The molecular formula is C15H7F4S. The van der Waals surface area contributed by atoms with Crippen LogP contribution < -0.4 is 0 Å². The molecule has 0 aliphatic rings. The number of rotatable bonds is 1. The van der Waals surface area contributed by atoms with Crippen molar-refractivity contribution in [1.82, 2.24) is 0 Å². The molecule has 0 N–H and O–H groups in total. The fraction of sp³-hybridized carbons (Fsp3) is 0.0667. The van der Waals surface area contributed by atoms with Gasteiger partial charge in [-0.05, 0) is 35.4 Å². The Morgan fingerprint density at radius 3 is 2.20 bits per heavy atom. The van der Waals surface area contributed by atoms with E-state index in [1.165, 1.54) is 23.5 Å². The topological polar surface area (TPSA) is 0 Å². The third-order valence-electron chi connectivity index (χ3n) is 3.01. The zero-order valence-corrected chi connectivity index (χ0v) is 10.8. The number of benzene rings is 2. The first kappa shape index (κ1) is 13.1. The zero-order chi connectivity index (χ0) is 14.3. The van der Waals surface area contributed by atoms with Gasteiger partial charge in [-0.2, -0.15) is 13.2 Å². The molecule has 0 saturated heterocycles. The van der Waals surface area contributed by atoms with Crippen LogP contribution in [0.2, 0.25) is 0 Å². The van der Waals surface area contributed by atoms with Crippen LogP contribution in [0.3, 0.4) is 0 Å². The van der Waals surface area contributed by atoms with Gasteiger partial charge in [-0.3, -0.25) is 0 Å². The summed E-state index contributed by atoms with van der Waals surface area (Å²) in [6, 6.07) is 9.95. The van der Waals surface area contributed by atoms with Crippen LogP contribution in [0.15, 0.2) is 42.5 Å². The maximum absolute atomic E-state index is 13.5. The number of halogens is 4. The number of fused-ring (bicyclic) bond motifs is 1. The molecule has 0 fully saturated rings. The summed E-state index contributed by atoms with van der Waals surface area (Å²) in [5, 5.41) is 2.95. The molecule has 20 heavy (non-hydrogen) atoms. The molecule has 0 saturated carbocycles. The Morgan fingerprint density at radius 2 is 1.55 bits per heavy atom. The highest BCUT2D eigenvalue weighted by Gasteiger charge is 2.29. The summed E-state index contributed by atoms with van der Waals surface area (Å²) in [4.78, 5) is 0. The van der Waals surface area contributed by atoms with E-state index in [-0.39, 0.29) is 0 Å². The maximum atomic E-state index is 13.5. The molecule has 0 nitrogen and oxygen atoms in total. The van der Waals surface area contributed by atoms with Crippen molar-refractivity contribution in [3.8, 4) is 11.1 Å². The van der Waals surface area contributed by atoms with Gasteiger partial charge in [0.25, 0.3) is 0 Å². The van der Waals surface area contributed by atoms with E-state index in [0.717, 1.165) is 16.8 Å². The largest absolute Gasteiger partial charge is 0.416 e. The molecule has 0 spiro atoms. The van der Waals surface area contributed by atoms with Crippen molar-refractivity contribution in [2.45, 2.75) is 6.18 Å². The minimum Gasteiger partial charge on any atom is -0.205 e. The normalized spacial score (nSPS) is 12.0. The molecule has 1 radical (unpaired) electrons. The van der Waals surface area contributed by atoms with Crippen molar-refractivity contribution in [3.05, 3.63) is 59.2 Å². The highest BCUT2D eigenvalue weighted by atomic mass is 32.1. The van der Waals surface area contributed by atoms with Gasteiger partial charge in [0.05, 0.1) is 10.9 Å². The van der Waals surface area contributed by atoms with E-state index in [2.05, 4.69) is 5.38 Å². The van der Waals surface area contributed by atoms with Crippen LogP contribution in [0.4, 0.5) is 17.6 Å². The van der Waals surface area contributed by atoms with Crippen LogP contribution in [0.25, 0.3) is 21.2 Å². The maximum Gasteiger partial charge on any atom is 0.416 e. The van der Waals surface area contributed by atoms with Crippen molar-refractivity contribution in [1.29, 1.82) is 0 Å². The average molecular weight is 295 g/mol. The Balaban J connectivity index is 2.04. The summed E-state index contributed by atoms with van der Waals surface area (Å²) in [7, 11) is 0. The van der Waals surface area contributed by atoms with Crippen molar-refractivity contribution in [2.75, 3.05) is 0 Å². The highest BCUT2D eigenvalue weighted by molar-refractivity contribution is 7.16. The van der Waals surface area contributed by atoms with Crippen molar-refractivity contribution in [2.24, 2.45) is 0 Å². The first-order valence-electron chi connectivity index (χ1n) is 5.72. The van der Waals surface area contributed by atoms with Gasteiger partial charge in [0.1, 0.15) is 0 Å². The fourth-order valence-electron chi connectivity index (χ4n) is 1.98. The molecule has 1 aromatic heterocycles. The second-order valence-electron chi connectivity index (χ2n) is 4.30. The Bertz CT molecular complexity index is 754. The monoisotopic (exact) mass is 295 g/mol. The number of thiophene rings is 1. The molecule has 3 aromatic rings. The molecule has 3 rings (SSSR count). The van der Waals surface area contributed by atoms with Gasteiger partial charge in [-0.1, -0.05) is 18.2 Å². The van der Waals surface area contributed by atoms with E-state index in [0.29, 0.717) is 16.5 Å². The van der Waals surface area contributed by atoms with Gasteiger partial charge in [0, 0.05) is 10.1 Å². The van der Waals surface area contributed by atoms with Gasteiger partial charge in [0.2, 0.25) is 0 Å². The minimum absolute atomic E-state index is 0.432. The van der Waals surface area contributed by atoms with Crippen LogP contribution in [0, 0.1) is 11.2 Å². The minimum atomic E-state index is -4.35. The van der Waals surface area contributed by atoms with Gasteiger partial charge in [-0.15, -0.1) is 11.3 Å². The fourth-order valence-corrected chi connectivity index (χ4v) is 2.68. The summed E-state index contributed by atoms with van der Waals surface area (Å²) in [5.74, 6) is -0.432. The van der Waals surface area contributed by atoms with E-state index in [1.807, 2.05) is 0 Å². The van der Waals surface area contributed by atoms with Gasteiger partial charge < -0.3 is 0 Å². The van der Waals surface area contributed by atoms with Crippen molar-refractivity contribution >= 4 is 21.4 Å². The van der Waals surface area contributed by atoms with Crippen LogP contribution in [-0.4, -0.2) is 0 Å². The highest BCUT2D eigenvalue weighted by Crippen LogP contribution is 2.33. The Kier molecular flexibility index (Phi) is 3.01. The van der Waals surface area contributed by atoms with Crippen molar-refractivity contribution < 1.29 is 17.6 Å². The van der Waals surface area contributed by atoms with E-state index in [9.17, 15) is 17.6 Å². The quantitative estimate of drug-likeness (QED) is 0.518. The third-order valence-corrected chi connectivity index (χ3v) is 3.87. The van der Waals surface area contributed by atoms with Crippen LogP contribution in [0.1, 0.15) is 5.56 Å². The Morgan fingerprint density at radius 1 is 0.900 bits per heavy atom. The molecule has 1 heterocycles. The SMILES string of the molecule is Fc1[c]sc2ccc(-c3ccc(C(F)(F)F)cc3)cc12. The van der Waals surface area contributed by atoms with Crippen LogP contribution >= 0.6 is 11.3 Å². The second kappa shape index (κ2) is 4.59. The molecule has 0 amide bonds. The Labute approximate surface area is 116 Å². The molecule has 2 aromatic carbocycles. The lowest BCUT2D eigenvalue weighted by molar-refractivity contribution is -0.137. The summed E-state index contributed by atoms with van der Waals surface area (Å²) in [6.07, 6.45) is -4.35. The van der Waals surface area contributed by atoms with Crippen LogP contribution in [-0.2, 0) is 6.18 Å². The predicted octanol–water partition coefficient (Wildman–Crippen LogP) is 5.53. The van der Waals surface area contributed by atoms with Crippen LogP contribution in [0.5, 0.6) is 0 Å². The van der Waals surface area contributed by atoms with Crippen molar-refractivity contribution in [3.63, 3.8) is 0 Å². The molecular weight excluding hydrogens is 288 g/mol. The first-order chi connectivity index (χ1) is 9.45. The molecule has 0 atom stereocenters. The first-order valence-corrected chi connectivity index (χ1v) is 6.54. The molecule has 0 aliphatic carbocycles. The summed E-state index contributed by atoms with van der Waals surface area (Å²) < 4.78 is 51.7. The lowest BCUT2D eigenvalue weighted by Gasteiger charge is -2.08. The zero-order valence-electron chi connectivity index (χ0n) is 9.96. The van der Waals surface area contributed by atoms with Gasteiger partial charge >= 0.3 is 6.18 Å². The molecule has 0 bridgehead atoms. The lowest BCUT2D eigenvalue weighted by Crippen LogP contribution is -2.03. The summed E-state index contributed by atoms with van der Waals surface area (Å²) in [5.41, 5.74) is 0.597.